The van der Waals surface area contributed by atoms with E-state index in [2.05, 4.69) is 11.3 Å². The zero-order chi connectivity index (χ0) is 24.6. The van der Waals surface area contributed by atoms with Crippen molar-refractivity contribution in [1.82, 2.24) is 9.78 Å². The zero-order valence-corrected chi connectivity index (χ0v) is 20.5. The monoisotopic (exact) mass is 498 g/mol. The van der Waals surface area contributed by atoms with Gasteiger partial charge in [-0.2, -0.15) is 5.10 Å². The van der Waals surface area contributed by atoms with Crippen molar-refractivity contribution < 1.29 is 19.0 Å². The first-order valence-corrected chi connectivity index (χ1v) is 12.7. The minimum absolute atomic E-state index is 0.0862. The Morgan fingerprint density at radius 2 is 1.86 bits per heavy atom. The molecule has 1 saturated carbocycles. The first-order chi connectivity index (χ1) is 17.0. The maximum absolute atomic E-state index is 14.9. The largest absolute Gasteiger partial charge is 0.480 e. The molecule has 1 aliphatic rings. The molecule has 1 fully saturated rings. The molecule has 1 N–H and O–H groups in total. The summed E-state index contributed by atoms with van der Waals surface area (Å²) in [6.07, 6.45) is 9.89. The Morgan fingerprint density at radius 1 is 1.11 bits per heavy atom. The highest BCUT2D eigenvalue weighted by atomic mass is 35.5. The van der Waals surface area contributed by atoms with Gasteiger partial charge in [0.2, 0.25) is 0 Å². The van der Waals surface area contributed by atoms with Gasteiger partial charge in [-0.1, -0.05) is 54.1 Å². The minimum atomic E-state index is -0.916. The summed E-state index contributed by atoms with van der Waals surface area (Å²) >= 11 is 6.09. The van der Waals surface area contributed by atoms with Gasteiger partial charge in [-0.3, -0.25) is 4.68 Å². The van der Waals surface area contributed by atoms with Gasteiger partial charge in [0, 0.05) is 18.7 Å². The number of hydrogen-bond acceptors (Lipinski definition) is 3. The lowest BCUT2D eigenvalue weighted by molar-refractivity contribution is -0.142. The third-order valence-electron chi connectivity index (χ3n) is 6.96. The lowest BCUT2D eigenvalue weighted by atomic mass is 9.82. The second-order valence-electron chi connectivity index (χ2n) is 9.51. The molecule has 0 saturated heterocycles. The minimum Gasteiger partial charge on any atom is -0.480 e. The van der Waals surface area contributed by atoms with Crippen LogP contribution in [0.3, 0.4) is 0 Å². The molecule has 1 heterocycles. The molecule has 1 aromatic heterocycles. The van der Waals surface area contributed by atoms with Gasteiger partial charge in [0.25, 0.3) is 0 Å². The van der Waals surface area contributed by atoms with Crippen LogP contribution in [0.25, 0.3) is 0 Å². The molecule has 2 aromatic carbocycles. The summed E-state index contributed by atoms with van der Waals surface area (Å²) in [4.78, 5) is 10.6. The third-order valence-corrected chi connectivity index (χ3v) is 7.25. The van der Waals surface area contributed by atoms with E-state index in [1.165, 1.54) is 0 Å². The molecule has 5 nitrogen and oxygen atoms in total. The molecule has 0 radical (unpaired) electrons. The van der Waals surface area contributed by atoms with E-state index in [1.54, 1.807) is 6.07 Å². The van der Waals surface area contributed by atoms with Crippen LogP contribution in [0, 0.1) is 17.7 Å². The molecular formula is C28H32ClFN2O3. The summed E-state index contributed by atoms with van der Waals surface area (Å²) in [5.74, 6) is -0.336. The number of aryl methyl sites for hydroxylation is 1. The standard InChI is InChI=1S/C28H32ClFN2O3/c29-26-8-4-7-25(28(26)30)24(23-5-2-1-3-6-23)14-13-22-15-31-32(17-22)16-20-9-11-21(12-10-20)18-35-19-27(33)34/h1-8,15,17,20-21,24H,9-14,16,18-19H2,(H,33,34). The first kappa shape index (κ1) is 25.4. The van der Waals surface area contributed by atoms with E-state index in [9.17, 15) is 9.18 Å². The van der Waals surface area contributed by atoms with Gasteiger partial charge < -0.3 is 9.84 Å². The summed E-state index contributed by atoms with van der Waals surface area (Å²) in [6.45, 7) is 1.19. The molecule has 0 aliphatic heterocycles. The van der Waals surface area contributed by atoms with Gasteiger partial charge in [-0.25, -0.2) is 9.18 Å². The second kappa shape index (κ2) is 12.3. The Bertz CT molecular complexity index is 1100. The normalized spacial score (nSPS) is 18.9. The molecule has 0 spiro atoms. The molecule has 35 heavy (non-hydrogen) atoms. The van der Waals surface area contributed by atoms with Crippen LogP contribution in [0.1, 0.15) is 54.7 Å². The van der Waals surface area contributed by atoms with Gasteiger partial charge in [-0.05, 0) is 73.1 Å². The van der Waals surface area contributed by atoms with Crippen molar-refractivity contribution in [2.24, 2.45) is 11.8 Å². The molecule has 3 aromatic rings. The maximum atomic E-state index is 14.9. The van der Waals surface area contributed by atoms with Crippen molar-refractivity contribution in [2.75, 3.05) is 13.2 Å². The van der Waals surface area contributed by atoms with Crippen molar-refractivity contribution >= 4 is 17.6 Å². The Labute approximate surface area is 210 Å². The van der Waals surface area contributed by atoms with E-state index in [0.717, 1.165) is 56.2 Å². The van der Waals surface area contributed by atoms with Gasteiger partial charge >= 0.3 is 5.97 Å². The van der Waals surface area contributed by atoms with Gasteiger partial charge in [0.1, 0.15) is 12.4 Å². The molecule has 1 unspecified atom stereocenters. The predicted molar refractivity (Wildman–Crippen MR) is 134 cm³/mol. The SMILES string of the molecule is O=C(O)COCC1CCC(Cn2cc(CCC(c3ccccc3)c3cccc(Cl)c3F)cn2)CC1. The van der Waals surface area contributed by atoms with Crippen LogP contribution in [0.4, 0.5) is 4.39 Å². The van der Waals surface area contributed by atoms with Crippen molar-refractivity contribution in [1.29, 1.82) is 0 Å². The lowest BCUT2D eigenvalue weighted by Crippen LogP contribution is -2.23. The third kappa shape index (κ3) is 7.15. The molecule has 0 bridgehead atoms. The van der Waals surface area contributed by atoms with Crippen molar-refractivity contribution in [3.63, 3.8) is 0 Å². The Morgan fingerprint density at radius 3 is 2.60 bits per heavy atom. The van der Waals surface area contributed by atoms with Crippen molar-refractivity contribution in [2.45, 2.75) is 51.0 Å². The molecular weight excluding hydrogens is 467 g/mol. The van der Waals surface area contributed by atoms with Gasteiger partial charge in [0.15, 0.2) is 0 Å². The predicted octanol–water partition coefficient (Wildman–Crippen LogP) is 6.35. The van der Waals surface area contributed by atoms with Gasteiger partial charge in [0.05, 0.1) is 17.8 Å². The van der Waals surface area contributed by atoms with E-state index < -0.39 is 5.97 Å². The summed E-state index contributed by atoms with van der Waals surface area (Å²) < 4.78 is 22.2. The van der Waals surface area contributed by atoms with Crippen LogP contribution in [-0.2, 0) is 22.5 Å². The summed E-state index contributed by atoms with van der Waals surface area (Å²) in [5, 5.41) is 13.4. The number of carboxylic acid groups (broad SMARTS) is 1. The molecule has 4 rings (SSSR count). The number of hydrogen-bond donors (Lipinski definition) is 1. The highest BCUT2D eigenvalue weighted by molar-refractivity contribution is 6.30. The molecule has 186 valence electrons. The molecule has 0 amide bonds. The van der Waals surface area contributed by atoms with Crippen LogP contribution in [0.15, 0.2) is 60.9 Å². The summed E-state index contributed by atoms with van der Waals surface area (Å²) in [6, 6.07) is 15.2. The molecule has 1 atom stereocenters. The Kier molecular flexibility index (Phi) is 8.94. The van der Waals surface area contributed by atoms with Gasteiger partial charge in [-0.15, -0.1) is 0 Å². The smallest absolute Gasteiger partial charge is 0.329 e. The molecule has 7 heteroatoms. The van der Waals surface area contributed by atoms with Crippen LogP contribution in [0.2, 0.25) is 5.02 Å². The first-order valence-electron chi connectivity index (χ1n) is 12.3. The highest BCUT2D eigenvalue weighted by Gasteiger charge is 2.23. The quantitative estimate of drug-likeness (QED) is 0.334. The second-order valence-corrected chi connectivity index (χ2v) is 9.92. The average Bonchev–Trinajstić information content (AvgIpc) is 3.30. The number of nitrogens with zero attached hydrogens (tertiary/aromatic N) is 2. The van der Waals surface area contributed by atoms with E-state index in [0.29, 0.717) is 24.0 Å². The van der Waals surface area contributed by atoms with Crippen LogP contribution in [0.5, 0.6) is 0 Å². The number of benzene rings is 2. The zero-order valence-electron chi connectivity index (χ0n) is 19.8. The van der Waals surface area contributed by atoms with E-state index in [1.807, 2.05) is 53.3 Å². The number of ether oxygens (including phenoxy) is 1. The Balaban J connectivity index is 1.32. The van der Waals surface area contributed by atoms with Crippen LogP contribution in [-0.4, -0.2) is 34.1 Å². The summed E-state index contributed by atoms with van der Waals surface area (Å²) in [7, 11) is 0. The maximum Gasteiger partial charge on any atom is 0.329 e. The number of carboxylic acids is 1. The van der Waals surface area contributed by atoms with E-state index in [4.69, 9.17) is 21.4 Å². The van der Waals surface area contributed by atoms with E-state index in [-0.39, 0.29) is 23.4 Å². The van der Waals surface area contributed by atoms with Crippen molar-refractivity contribution in [3.05, 3.63) is 88.5 Å². The van der Waals surface area contributed by atoms with Crippen LogP contribution < -0.4 is 0 Å². The topological polar surface area (TPSA) is 64.3 Å². The van der Waals surface area contributed by atoms with Crippen molar-refractivity contribution in [3.8, 4) is 0 Å². The average molecular weight is 499 g/mol. The number of halogens is 2. The number of carbonyl (C=O) groups is 1. The fourth-order valence-corrected chi connectivity index (χ4v) is 5.26. The fourth-order valence-electron chi connectivity index (χ4n) is 5.08. The fraction of sp³-hybridized carbons (Fsp3) is 0.429. The lowest BCUT2D eigenvalue weighted by Gasteiger charge is -2.28. The van der Waals surface area contributed by atoms with E-state index >= 15 is 0 Å². The number of aliphatic carboxylic acids is 1. The highest BCUT2D eigenvalue weighted by Crippen LogP contribution is 2.34. The number of rotatable bonds is 11. The summed E-state index contributed by atoms with van der Waals surface area (Å²) in [5.41, 5.74) is 2.84. The van der Waals surface area contributed by atoms with Crippen LogP contribution >= 0.6 is 11.6 Å². The molecule has 1 aliphatic carbocycles. The number of aromatic nitrogens is 2. The Hall–Kier alpha value is -2.70.